The summed E-state index contributed by atoms with van der Waals surface area (Å²) in [6, 6.07) is 11.5. The standard InChI is InChI=1S/C16H19N5O/c1-22-7-6-19-11-3-5-14-15(9-11)21-16(20-14)10-2-4-12(17)13(18)8-10/h2-5,8-9,19H,6-7,17-18H2,1H3,(H,20,21). The summed E-state index contributed by atoms with van der Waals surface area (Å²) in [6.45, 7) is 1.43. The molecule has 1 aromatic heterocycles. The van der Waals surface area contributed by atoms with Gasteiger partial charge >= 0.3 is 0 Å². The van der Waals surface area contributed by atoms with Crippen LogP contribution in [0.15, 0.2) is 36.4 Å². The van der Waals surface area contributed by atoms with E-state index in [-0.39, 0.29) is 0 Å². The molecule has 1 heterocycles. The summed E-state index contributed by atoms with van der Waals surface area (Å²) in [5.41, 5.74) is 16.5. The number of nitrogens with zero attached hydrogens (tertiary/aromatic N) is 1. The zero-order valence-corrected chi connectivity index (χ0v) is 12.4. The molecule has 0 saturated carbocycles. The highest BCUT2D eigenvalue weighted by atomic mass is 16.5. The molecule has 0 saturated heterocycles. The van der Waals surface area contributed by atoms with Gasteiger partial charge in [0, 0.05) is 24.9 Å². The first-order valence-electron chi connectivity index (χ1n) is 7.05. The highest BCUT2D eigenvalue weighted by molar-refractivity contribution is 5.83. The Bertz CT molecular complexity index is 796. The summed E-state index contributed by atoms with van der Waals surface area (Å²) >= 11 is 0. The van der Waals surface area contributed by atoms with Crippen molar-refractivity contribution >= 4 is 28.1 Å². The summed E-state index contributed by atoms with van der Waals surface area (Å²) in [7, 11) is 1.68. The van der Waals surface area contributed by atoms with Crippen LogP contribution in [0.3, 0.4) is 0 Å². The van der Waals surface area contributed by atoms with E-state index in [2.05, 4.69) is 15.3 Å². The first kappa shape index (κ1) is 14.2. The van der Waals surface area contributed by atoms with Gasteiger partial charge in [0.15, 0.2) is 0 Å². The average molecular weight is 297 g/mol. The van der Waals surface area contributed by atoms with Crippen LogP contribution in [0.1, 0.15) is 0 Å². The molecular weight excluding hydrogens is 278 g/mol. The maximum atomic E-state index is 5.86. The van der Waals surface area contributed by atoms with Gasteiger partial charge in [-0.25, -0.2) is 4.98 Å². The van der Waals surface area contributed by atoms with E-state index in [4.69, 9.17) is 16.2 Å². The predicted molar refractivity (Wildman–Crippen MR) is 90.7 cm³/mol. The Labute approximate surface area is 128 Å². The van der Waals surface area contributed by atoms with Crippen molar-refractivity contribution in [3.05, 3.63) is 36.4 Å². The second kappa shape index (κ2) is 5.95. The zero-order chi connectivity index (χ0) is 15.5. The molecule has 0 atom stereocenters. The van der Waals surface area contributed by atoms with Crippen molar-refractivity contribution in [2.75, 3.05) is 37.0 Å². The van der Waals surface area contributed by atoms with Crippen molar-refractivity contribution < 1.29 is 4.74 Å². The molecule has 6 nitrogen and oxygen atoms in total. The maximum absolute atomic E-state index is 5.86. The van der Waals surface area contributed by atoms with E-state index in [9.17, 15) is 0 Å². The van der Waals surface area contributed by atoms with Gasteiger partial charge < -0.3 is 26.5 Å². The van der Waals surface area contributed by atoms with Gasteiger partial charge in [-0.05, 0) is 36.4 Å². The molecule has 2 aromatic carbocycles. The lowest BCUT2D eigenvalue weighted by molar-refractivity contribution is 0.211. The smallest absolute Gasteiger partial charge is 0.138 e. The largest absolute Gasteiger partial charge is 0.397 e. The number of aromatic amines is 1. The molecule has 22 heavy (non-hydrogen) atoms. The molecule has 6 N–H and O–H groups in total. The fourth-order valence-electron chi connectivity index (χ4n) is 2.28. The minimum Gasteiger partial charge on any atom is -0.397 e. The van der Waals surface area contributed by atoms with Gasteiger partial charge in [0.25, 0.3) is 0 Å². The highest BCUT2D eigenvalue weighted by Crippen LogP contribution is 2.26. The molecule has 0 aliphatic carbocycles. The monoisotopic (exact) mass is 297 g/mol. The first-order chi connectivity index (χ1) is 10.7. The SMILES string of the molecule is COCCNc1ccc2nc(-c3ccc(N)c(N)c3)[nH]c2c1. The number of nitrogen functional groups attached to an aromatic ring is 2. The Morgan fingerprint density at radius 2 is 2.00 bits per heavy atom. The molecule has 6 heteroatoms. The van der Waals surface area contributed by atoms with Crippen LogP contribution in [0.25, 0.3) is 22.4 Å². The fourth-order valence-corrected chi connectivity index (χ4v) is 2.28. The van der Waals surface area contributed by atoms with Crippen molar-refractivity contribution in [2.24, 2.45) is 0 Å². The number of benzene rings is 2. The van der Waals surface area contributed by atoms with Crippen LogP contribution in [0.4, 0.5) is 17.1 Å². The number of ether oxygens (including phenoxy) is 1. The third-order valence-electron chi connectivity index (χ3n) is 3.48. The number of H-pyrrole nitrogens is 1. The number of rotatable bonds is 5. The van der Waals surface area contributed by atoms with Crippen molar-refractivity contribution in [3.63, 3.8) is 0 Å². The third-order valence-corrected chi connectivity index (χ3v) is 3.48. The van der Waals surface area contributed by atoms with E-state index in [0.717, 1.165) is 34.7 Å². The summed E-state index contributed by atoms with van der Waals surface area (Å²) in [6.07, 6.45) is 0. The van der Waals surface area contributed by atoms with Crippen LogP contribution in [-0.4, -0.2) is 30.2 Å². The minimum atomic E-state index is 0.555. The molecule has 0 radical (unpaired) electrons. The van der Waals surface area contributed by atoms with Gasteiger partial charge in [-0.1, -0.05) is 0 Å². The fraction of sp³-hybridized carbons (Fsp3) is 0.188. The number of methoxy groups -OCH3 is 1. The number of nitrogens with two attached hydrogens (primary N) is 2. The average Bonchev–Trinajstić information content (AvgIpc) is 2.93. The molecule has 0 aliphatic rings. The Morgan fingerprint density at radius 3 is 2.77 bits per heavy atom. The normalized spacial score (nSPS) is 11.0. The van der Waals surface area contributed by atoms with Crippen LogP contribution in [0.2, 0.25) is 0 Å². The Morgan fingerprint density at radius 1 is 1.14 bits per heavy atom. The van der Waals surface area contributed by atoms with E-state index < -0.39 is 0 Å². The van der Waals surface area contributed by atoms with Crippen LogP contribution in [0, 0.1) is 0 Å². The van der Waals surface area contributed by atoms with Crippen LogP contribution >= 0.6 is 0 Å². The number of anilines is 3. The van der Waals surface area contributed by atoms with E-state index in [1.165, 1.54) is 0 Å². The highest BCUT2D eigenvalue weighted by Gasteiger charge is 2.07. The second-order valence-corrected chi connectivity index (χ2v) is 5.08. The summed E-state index contributed by atoms with van der Waals surface area (Å²) < 4.78 is 5.03. The Hall–Kier alpha value is -2.73. The quantitative estimate of drug-likeness (QED) is 0.428. The van der Waals surface area contributed by atoms with E-state index in [1.807, 2.05) is 30.3 Å². The van der Waals surface area contributed by atoms with Crippen molar-refractivity contribution in [1.29, 1.82) is 0 Å². The lowest BCUT2D eigenvalue weighted by atomic mass is 10.1. The number of nitrogens with one attached hydrogen (secondary N) is 2. The van der Waals surface area contributed by atoms with Gasteiger partial charge in [-0.2, -0.15) is 0 Å². The molecule has 0 unspecified atom stereocenters. The Kier molecular flexibility index (Phi) is 3.84. The molecule has 114 valence electrons. The summed E-state index contributed by atoms with van der Waals surface area (Å²) in [5, 5.41) is 3.29. The summed E-state index contributed by atoms with van der Waals surface area (Å²) in [5.74, 6) is 0.774. The van der Waals surface area contributed by atoms with Gasteiger partial charge in [0.05, 0.1) is 29.0 Å². The molecule has 0 fully saturated rings. The molecule has 3 aromatic rings. The number of hydrogen-bond acceptors (Lipinski definition) is 5. The molecule has 0 spiro atoms. The maximum Gasteiger partial charge on any atom is 0.138 e. The summed E-state index contributed by atoms with van der Waals surface area (Å²) in [4.78, 5) is 7.90. The van der Waals surface area contributed by atoms with Gasteiger partial charge in [-0.15, -0.1) is 0 Å². The predicted octanol–water partition coefficient (Wildman–Crippen LogP) is 2.45. The van der Waals surface area contributed by atoms with Gasteiger partial charge in [0.1, 0.15) is 5.82 Å². The lowest BCUT2D eigenvalue weighted by Gasteiger charge is -2.04. The van der Waals surface area contributed by atoms with Crippen molar-refractivity contribution in [1.82, 2.24) is 9.97 Å². The van der Waals surface area contributed by atoms with Crippen LogP contribution < -0.4 is 16.8 Å². The van der Waals surface area contributed by atoms with Gasteiger partial charge in [-0.3, -0.25) is 0 Å². The van der Waals surface area contributed by atoms with Gasteiger partial charge in [0.2, 0.25) is 0 Å². The van der Waals surface area contributed by atoms with E-state index in [0.29, 0.717) is 18.0 Å². The number of imidazole rings is 1. The molecule has 3 rings (SSSR count). The third kappa shape index (κ3) is 2.82. The molecule has 0 bridgehead atoms. The molecule has 0 aliphatic heterocycles. The van der Waals surface area contributed by atoms with E-state index >= 15 is 0 Å². The number of hydrogen-bond donors (Lipinski definition) is 4. The number of fused-ring (bicyclic) bond motifs is 1. The van der Waals surface area contributed by atoms with Crippen LogP contribution in [-0.2, 0) is 4.74 Å². The lowest BCUT2D eigenvalue weighted by Crippen LogP contribution is -2.07. The minimum absolute atomic E-state index is 0.555. The van der Waals surface area contributed by atoms with E-state index in [1.54, 1.807) is 13.2 Å². The molecular formula is C16H19N5O. The second-order valence-electron chi connectivity index (χ2n) is 5.08. The van der Waals surface area contributed by atoms with Crippen molar-refractivity contribution in [3.8, 4) is 11.4 Å². The van der Waals surface area contributed by atoms with Crippen LogP contribution in [0.5, 0.6) is 0 Å². The Balaban J connectivity index is 1.90. The molecule has 0 amide bonds. The first-order valence-corrected chi connectivity index (χ1v) is 7.05. The zero-order valence-electron chi connectivity index (χ0n) is 12.4. The topological polar surface area (TPSA) is 102 Å². The number of aromatic nitrogens is 2. The van der Waals surface area contributed by atoms with Crippen molar-refractivity contribution in [2.45, 2.75) is 0 Å².